The van der Waals surface area contributed by atoms with Crippen molar-refractivity contribution in [3.05, 3.63) is 0 Å². The molecule has 2 fully saturated rings. The minimum atomic E-state index is 0.145. The Morgan fingerprint density at radius 1 is 1.31 bits per heavy atom. The van der Waals surface area contributed by atoms with Gasteiger partial charge in [0.1, 0.15) is 0 Å². The number of rotatable bonds is 4. The summed E-state index contributed by atoms with van der Waals surface area (Å²) in [6.07, 6.45) is 5.68. The number of nitrogens with two attached hydrogens (primary N) is 1. The Morgan fingerprint density at radius 2 is 2.19 bits per heavy atom. The van der Waals surface area contributed by atoms with Gasteiger partial charge < -0.3 is 15.8 Å². The molecule has 0 spiro atoms. The minimum absolute atomic E-state index is 0.145. The molecule has 3 N–H and O–H groups in total. The van der Waals surface area contributed by atoms with E-state index < -0.39 is 0 Å². The summed E-state index contributed by atoms with van der Waals surface area (Å²) in [6, 6.07) is 0. The standard InChI is InChI=1S/C12H22N2O2/c13-7-9-3-1-5-11(9)12(15)14-8-10-4-2-6-16-10/h9-11H,1-8,13H2,(H,14,15)/t9-,10?,11-/m1/s1. The summed E-state index contributed by atoms with van der Waals surface area (Å²) in [5.41, 5.74) is 5.68. The lowest BCUT2D eigenvalue weighted by atomic mass is 9.95. The first-order valence-corrected chi connectivity index (χ1v) is 6.40. The van der Waals surface area contributed by atoms with Crippen molar-refractivity contribution < 1.29 is 9.53 Å². The van der Waals surface area contributed by atoms with Crippen LogP contribution >= 0.6 is 0 Å². The summed E-state index contributed by atoms with van der Waals surface area (Å²) < 4.78 is 5.48. The van der Waals surface area contributed by atoms with Crippen molar-refractivity contribution in [2.75, 3.05) is 19.7 Å². The predicted molar refractivity (Wildman–Crippen MR) is 61.9 cm³/mol. The molecule has 2 aliphatic rings. The molecule has 4 heteroatoms. The number of ether oxygens (including phenoxy) is 1. The van der Waals surface area contributed by atoms with Gasteiger partial charge in [0, 0.05) is 19.1 Å². The lowest BCUT2D eigenvalue weighted by molar-refractivity contribution is -0.126. The zero-order chi connectivity index (χ0) is 11.4. The van der Waals surface area contributed by atoms with Gasteiger partial charge in [0.2, 0.25) is 5.91 Å². The number of nitrogens with one attached hydrogen (secondary N) is 1. The zero-order valence-electron chi connectivity index (χ0n) is 9.78. The summed E-state index contributed by atoms with van der Waals surface area (Å²) in [6.45, 7) is 2.15. The predicted octanol–water partition coefficient (Wildman–Crippen LogP) is 0.657. The van der Waals surface area contributed by atoms with Crippen molar-refractivity contribution in [1.29, 1.82) is 0 Å². The Bertz CT molecular complexity index is 239. The fourth-order valence-corrected chi connectivity index (χ4v) is 2.81. The second kappa shape index (κ2) is 5.64. The third-order valence-corrected chi connectivity index (χ3v) is 3.83. The molecule has 1 unspecified atom stereocenters. The van der Waals surface area contributed by atoms with Gasteiger partial charge in [0.25, 0.3) is 0 Å². The summed E-state index contributed by atoms with van der Waals surface area (Å²) in [5, 5.41) is 3.01. The highest BCUT2D eigenvalue weighted by molar-refractivity contribution is 5.79. The molecule has 1 saturated heterocycles. The monoisotopic (exact) mass is 226 g/mol. The topological polar surface area (TPSA) is 64.4 Å². The molecule has 2 rings (SSSR count). The maximum Gasteiger partial charge on any atom is 0.223 e. The lowest BCUT2D eigenvalue weighted by Gasteiger charge is -2.18. The largest absolute Gasteiger partial charge is 0.376 e. The van der Waals surface area contributed by atoms with Crippen molar-refractivity contribution in [3.63, 3.8) is 0 Å². The highest BCUT2D eigenvalue weighted by atomic mass is 16.5. The zero-order valence-corrected chi connectivity index (χ0v) is 9.78. The number of amides is 1. The van der Waals surface area contributed by atoms with Crippen molar-refractivity contribution >= 4 is 5.91 Å². The average Bonchev–Trinajstić information content (AvgIpc) is 2.96. The molecule has 1 aliphatic carbocycles. The van der Waals surface area contributed by atoms with Gasteiger partial charge in [-0.1, -0.05) is 6.42 Å². The summed E-state index contributed by atoms with van der Waals surface area (Å²) >= 11 is 0. The molecule has 0 radical (unpaired) electrons. The first-order valence-electron chi connectivity index (χ1n) is 6.40. The molecule has 0 aromatic rings. The van der Waals surface area contributed by atoms with Gasteiger partial charge in [-0.2, -0.15) is 0 Å². The number of carbonyl (C=O) groups is 1. The summed E-state index contributed by atoms with van der Waals surface area (Å²) in [4.78, 5) is 11.9. The fourth-order valence-electron chi connectivity index (χ4n) is 2.81. The van der Waals surface area contributed by atoms with Gasteiger partial charge in [-0.15, -0.1) is 0 Å². The highest BCUT2D eigenvalue weighted by Gasteiger charge is 2.32. The van der Waals surface area contributed by atoms with E-state index in [1.54, 1.807) is 0 Å². The van der Waals surface area contributed by atoms with E-state index in [1.807, 2.05) is 0 Å². The molecule has 1 amide bonds. The van der Waals surface area contributed by atoms with Crippen molar-refractivity contribution in [2.24, 2.45) is 17.6 Å². The first kappa shape index (κ1) is 11.9. The van der Waals surface area contributed by atoms with Crippen LogP contribution in [0.25, 0.3) is 0 Å². The van der Waals surface area contributed by atoms with Gasteiger partial charge >= 0.3 is 0 Å². The number of hydrogen-bond donors (Lipinski definition) is 2. The summed E-state index contributed by atoms with van der Waals surface area (Å²) in [5.74, 6) is 0.722. The van der Waals surface area contributed by atoms with E-state index in [4.69, 9.17) is 10.5 Å². The maximum atomic E-state index is 11.9. The molecule has 92 valence electrons. The third-order valence-electron chi connectivity index (χ3n) is 3.83. The second-order valence-electron chi connectivity index (χ2n) is 4.91. The number of carbonyl (C=O) groups excluding carboxylic acids is 1. The summed E-state index contributed by atoms with van der Waals surface area (Å²) in [7, 11) is 0. The van der Waals surface area contributed by atoms with Crippen molar-refractivity contribution in [2.45, 2.75) is 38.2 Å². The van der Waals surface area contributed by atoms with Crippen LogP contribution in [-0.2, 0) is 9.53 Å². The normalized spacial score (nSPS) is 34.2. The van der Waals surface area contributed by atoms with Crippen LogP contribution in [0.2, 0.25) is 0 Å². The van der Waals surface area contributed by atoms with Crippen LogP contribution in [0.4, 0.5) is 0 Å². The van der Waals surface area contributed by atoms with E-state index in [-0.39, 0.29) is 17.9 Å². The van der Waals surface area contributed by atoms with E-state index in [2.05, 4.69) is 5.32 Å². The van der Waals surface area contributed by atoms with Gasteiger partial charge in [-0.3, -0.25) is 4.79 Å². The van der Waals surface area contributed by atoms with Crippen LogP contribution < -0.4 is 11.1 Å². The fraction of sp³-hybridized carbons (Fsp3) is 0.917. The molecule has 0 aromatic carbocycles. The molecule has 1 aliphatic heterocycles. The molecule has 16 heavy (non-hydrogen) atoms. The smallest absolute Gasteiger partial charge is 0.223 e. The molecule has 0 aromatic heterocycles. The molecule has 0 bridgehead atoms. The Morgan fingerprint density at radius 3 is 2.88 bits per heavy atom. The first-order chi connectivity index (χ1) is 7.81. The molecule has 1 saturated carbocycles. The quantitative estimate of drug-likeness (QED) is 0.740. The van der Waals surface area contributed by atoms with Crippen LogP contribution in [0.15, 0.2) is 0 Å². The maximum absolute atomic E-state index is 11.9. The van der Waals surface area contributed by atoms with Crippen LogP contribution in [0, 0.1) is 11.8 Å². The van der Waals surface area contributed by atoms with Crippen LogP contribution in [0.3, 0.4) is 0 Å². The van der Waals surface area contributed by atoms with Crippen LogP contribution in [-0.4, -0.2) is 31.7 Å². The van der Waals surface area contributed by atoms with E-state index in [0.29, 0.717) is 19.0 Å². The van der Waals surface area contributed by atoms with E-state index in [9.17, 15) is 4.79 Å². The van der Waals surface area contributed by atoms with Gasteiger partial charge in [0.05, 0.1) is 6.10 Å². The lowest BCUT2D eigenvalue weighted by Crippen LogP contribution is -2.38. The molecule has 1 heterocycles. The van der Waals surface area contributed by atoms with Gasteiger partial charge in [-0.05, 0) is 38.1 Å². The van der Waals surface area contributed by atoms with Crippen LogP contribution in [0.5, 0.6) is 0 Å². The number of hydrogen-bond acceptors (Lipinski definition) is 3. The molecular weight excluding hydrogens is 204 g/mol. The molecular formula is C12H22N2O2. The Balaban J connectivity index is 1.74. The van der Waals surface area contributed by atoms with E-state index in [1.165, 1.54) is 0 Å². The van der Waals surface area contributed by atoms with Crippen molar-refractivity contribution in [1.82, 2.24) is 5.32 Å². The Labute approximate surface area is 96.9 Å². The van der Waals surface area contributed by atoms with E-state index in [0.717, 1.165) is 38.7 Å². The van der Waals surface area contributed by atoms with Gasteiger partial charge in [-0.25, -0.2) is 0 Å². The molecule has 4 nitrogen and oxygen atoms in total. The van der Waals surface area contributed by atoms with Gasteiger partial charge in [0.15, 0.2) is 0 Å². The van der Waals surface area contributed by atoms with E-state index >= 15 is 0 Å². The highest BCUT2D eigenvalue weighted by Crippen LogP contribution is 2.30. The second-order valence-corrected chi connectivity index (χ2v) is 4.91. The Kier molecular flexibility index (Phi) is 4.18. The SMILES string of the molecule is NC[C@H]1CCC[C@H]1C(=O)NCC1CCCO1. The minimum Gasteiger partial charge on any atom is -0.376 e. The average molecular weight is 226 g/mol. The molecule has 3 atom stereocenters. The third kappa shape index (κ3) is 2.74. The van der Waals surface area contributed by atoms with Crippen molar-refractivity contribution in [3.8, 4) is 0 Å². The Hall–Kier alpha value is -0.610. The van der Waals surface area contributed by atoms with Crippen LogP contribution in [0.1, 0.15) is 32.1 Å².